The van der Waals surface area contributed by atoms with Gasteiger partial charge in [0.2, 0.25) is 5.91 Å². The molecule has 8 heteroatoms. The first kappa shape index (κ1) is 21.9. The van der Waals surface area contributed by atoms with Crippen LogP contribution in [-0.4, -0.2) is 49.5 Å². The molecular weight excluding hydrogens is 425 g/mol. The van der Waals surface area contributed by atoms with Gasteiger partial charge < -0.3 is 14.5 Å². The molecule has 1 heterocycles. The lowest BCUT2D eigenvalue weighted by molar-refractivity contribution is -0.128. The Morgan fingerprint density at radius 3 is 2.43 bits per heavy atom. The summed E-state index contributed by atoms with van der Waals surface area (Å²) in [4.78, 5) is 32.3. The highest BCUT2D eigenvalue weighted by Gasteiger charge is 2.19. The fourth-order valence-corrected chi connectivity index (χ4v) is 3.81. The van der Waals surface area contributed by atoms with Gasteiger partial charge in [0.05, 0.1) is 24.2 Å². The summed E-state index contributed by atoms with van der Waals surface area (Å²) in [5.41, 5.74) is 1.97. The monoisotopic (exact) mass is 445 g/mol. The third-order valence-electron chi connectivity index (χ3n) is 4.74. The summed E-state index contributed by atoms with van der Waals surface area (Å²) < 4.78 is 4.86. The minimum absolute atomic E-state index is 0.0870. The van der Waals surface area contributed by atoms with Gasteiger partial charge in [0, 0.05) is 49.1 Å². The average molecular weight is 446 g/mol. The highest BCUT2D eigenvalue weighted by molar-refractivity contribution is 6.39. The van der Waals surface area contributed by atoms with E-state index in [1.807, 2.05) is 12.1 Å². The van der Waals surface area contributed by atoms with Crippen LogP contribution >= 0.6 is 23.2 Å². The predicted octanol–water partition coefficient (Wildman–Crippen LogP) is 4.42. The van der Waals surface area contributed by atoms with Gasteiger partial charge in [-0.25, -0.2) is 4.79 Å². The number of rotatable bonds is 6. The quantitative estimate of drug-likeness (QED) is 0.525. The number of nitrogens with zero attached hydrogens (tertiary/aromatic N) is 3. The van der Waals surface area contributed by atoms with E-state index in [9.17, 15) is 9.59 Å². The molecule has 0 radical (unpaired) electrons. The van der Waals surface area contributed by atoms with Crippen LogP contribution in [0.3, 0.4) is 0 Å². The van der Waals surface area contributed by atoms with Crippen molar-refractivity contribution in [1.29, 1.82) is 0 Å². The number of benzene rings is 2. The fourth-order valence-electron chi connectivity index (χ4n) is 3.20. The molecule has 0 unspecified atom stereocenters. The van der Waals surface area contributed by atoms with Crippen molar-refractivity contribution >= 4 is 51.5 Å². The number of esters is 1. The SMILES string of the molecule is COC(=O)c1cc(N(C)CC(=O)N(C)Cc2ccncc2)c2c(Cl)cc(Cl)cc2c1. The van der Waals surface area contributed by atoms with Gasteiger partial charge in [-0.05, 0) is 47.3 Å². The molecule has 0 N–H and O–H groups in total. The molecule has 0 aliphatic heterocycles. The molecule has 3 rings (SSSR count). The number of carbonyl (C=O) groups is 2. The molecule has 0 saturated carbocycles. The highest BCUT2D eigenvalue weighted by Crippen LogP contribution is 2.36. The van der Waals surface area contributed by atoms with Gasteiger partial charge in [-0.2, -0.15) is 0 Å². The third-order valence-corrected chi connectivity index (χ3v) is 5.26. The van der Waals surface area contributed by atoms with Crippen LogP contribution in [0.15, 0.2) is 48.8 Å². The molecule has 1 amide bonds. The molecule has 0 bridgehead atoms. The highest BCUT2D eigenvalue weighted by atomic mass is 35.5. The van der Waals surface area contributed by atoms with Crippen molar-refractivity contribution in [2.45, 2.75) is 6.54 Å². The Labute approximate surface area is 185 Å². The molecule has 2 aromatic carbocycles. The van der Waals surface area contributed by atoms with Crippen LogP contribution < -0.4 is 4.90 Å². The number of aromatic nitrogens is 1. The number of hydrogen-bond donors (Lipinski definition) is 0. The van der Waals surface area contributed by atoms with E-state index >= 15 is 0 Å². The zero-order chi connectivity index (χ0) is 21.8. The minimum Gasteiger partial charge on any atom is -0.465 e. The Balaban J connectivity index is 1.92. The number of amides is 1. The van der Waals surface area contributed by atoms with E-state index < -0.39 is 5.97 Å². The molecule has 3 aromatic rings. The van der Waals surface area contributed by atoms with Crippen molar-refractivity contribution < 1.29 is 14.3 Å². The number of likely N-dealkylation sites (N-methyl/N-ethyl adjacent to an activating group) is 2. The summed E-state index contributed by atoms with van der Waals surface area (Å²) in [6, 6.07) is 10.4. The second-order valence-corrected chi connectivity index (χ2v) is 7.78. The molecule has 0 atom stereocenters. The zero-order valence-electron chi connectivity index (χ0n) is 16.9. The Hall–Kier alpha value is -2.83. The molecule has 1 aromatic heterocycles. The van der Waals surface area contributed by atoms with E-state index in [0.717, 1.165) is 5.56 Å². The van der Waals surface area contributed by atoms with Crippen molar-refractivity contribution in [3.63, 3.8) is 0 Å². The maximum Gasteiger partial charge on any atom is 0.337 e. The topological polar surface area (TPSA) is 62.7 Å². The van der Waals surface area contributed by atoms with Crippen LogP contribution in [0.25, 0.3) is 10.8 Å². The first-order valence-corrected chi connectivity index (χ1v) is 9.91. The lowest BCUT2D eigenvalue weighted by Gasteiger charge is -2.25. The van der Waals surface area contributed by atoms with Crippen molar-refractivity contribution in [2.24, 2.45) is 0 Å². The second kappa shape index (κ2) is 9.32. The van der Waals surface area contributed by atoms with Crippen LogP contribution in [0.4, 0.5) is 5.69 Å². The average Bonchev–Trinajstić information content (AvgIpc) is 2.72. The largest absolute Gasteiger partial charge is 0.465 e. The normalized spacial score (nSPS) is 10.7. The van der Waals surface area contributed by atoms with Crippen molar-refractivity contribution in [1.82, 2.24) is 9.88 Å². The van der Waals surface area contributed by atoms with Gasteiger partial charge in [-0.1, -0.05) is 23.2 Å². The minimum atomic E-state index is -0.483. The van der Waals surface area contributed by atoms with Crippen molar-refractivity contribution in [3.8, 4) is 0 Å². The molecule has 30 heavy (non-hydrogen) atoms. The van der Waals surface area contributed by atoms with Gasteiger partial charge in [0.1, 0.15) is 0 Å². The smallest absolute Gasteiger partial charge is 0.337 e. The number of fused-ring (bicyclic) bond motifs is 1. The molecule has 156 valence electrons. The van der Waals surface area contributed by atoms with E-state index in [1.165, 1.54) is 7.11 Å². The number of halogens is 2. The van der Waals surface area contributed by atoms with Crippen molar-refractivity contribution in [3.05, 3.63) is 70.0 Å². The summed E-state index contributed by atoms with van der Waals surface area (Å²) in [5, 5.41) is 2.29. The third kappa shape index (κ3) is 4.83. The Morgan fingerprint density at radius 1 is 1.07 bits per heavy atom. The molecule has 0 fully saturated rings. The number of hydrogen-bond acceptors (Lipinski definition) is 5. The number of pyridine rings is 1. The molecule has 0 aliphatic rings. The maximum absolute atomic E-state index is 12.8. The number of methoxy groups -OCH3 is 1. The Kier molecular flexibility index (Phi) is 6.80. The summed E-state index contributed by atoms with van der Waals surface area (Å²) in [7, 11) is 4.84. The predicted molar refractivity (Wildman–Crippen MR) is 119 cm³/mol. The van der Waals surface area contributed by atoms with E-state index in [4.69, 9.17) is 27.9 Å². The Bertz CT molecular complexity index is 1090. The lowest BCUT2D eigenvalue weighted by atomic mass is 10.0. The van der Waals surface area contributed by atoms with Crippen molar-refractivity contribution in [2.75, 3.05) is 32.6 Å². The van der Waals surface area contributed by atoms with E-state index in [2.05, 4.69) is 4.98 Å². The molecule has 6 nitrogen and oxygen atoms in total. The number of anilines is 1. The first-order valence-electron chi connectivity index (χ1n) is 9.15. The zero-order valence-corrected chi connectivity index (χ0v) is 18.4. The summed E-state index contributed by atoms with van der Waals surface area (Å²) in [6.45, 7) is 0.564. The first-order chi connectivity index (χ1) is 14.3. The molecular formula is C22H21Cl2N3O3. The second-order valence-electron chi connectivity index (χ2n) is 6.93. The van der Waals surface area contributed by atoms with Gasteiger partial charge >= 0.3 is 5.97 Å². The van der Waals surface area contributed by atoms with Crippen LogP contribution in [0, 0.1) is 0 Å². The summed E-state index contributed by atoms with van der Waals surface area (Å²) in [6.07, 6.45) is 3.38. The fraction of sp³-hybridized carbons (Fsp3) is 0.227. The van der Waals surface area contributed by atoms with Gasteiger partial charge in [0.15, 0.2) is 0 Å². The molecule has 0 saturated heterocycles. The standard InChI is InChI=1S/C22H21Cl2N3O3/c1-26(13-20(28)27(2)12-14-4-6-25-7-5-14)19-10-16(22(29)30-3)8-15-9-17(23)11-18(24)21(15)19/h4-11H,12-13H2,1-3H3. The van der Waals surface area contributed by atoms with Crippen LogP contribution in [-0.2, 0) is 16.1 Å². The van der Waals surface area contributed by atoms with E-state index in [1.54, 1.807) is 60.6 Å². The summed E-state index contributed by atoms with van der Waals surface area (Å²) in [5.74, 6) is -0.570. The van der Waals surface area contributed by atoms with Gasteiger partial charge in [0.25, 0.3) is 0 Å². The maximum atomic E-state index is 12.8. The van der Waals surface area contributed by atoms with Crippen LogP contribution in [0.1, 0.15) is 15.9 Å². The lowest BCUT2D eigenvalue weighted by Crippen LogP contribution is -2.36. The number of carbonyl (C=O) groups excluding carboxylic acids is 2. The van der Waals surface area contributed by atoms with Crippen LogP contribution in [0.5, 0.6) is 0 Å². The van der Waals surface area contributed by atoms with E-state index in [0.29, 0.717) is 38.6 Å². The molecule has 0 aliphatic carbocycles. The molecule has 0 spiro atoms. The Morgan fingerprint density at radius 2 is 1.77 bits per heavy atom. The summed E-state index contributed by atoms with van der Waals surface area (Å²) >= 11 is 12.6. The van der Waals surface area contributed by atoms with Gasteiger partial charge in [-0.3, -0.25) is 9.78 Å². The number of ether oxygens (including phenoxy) is 1. The van der Waals surface area contributed by atoms with Crippen LogP contribution in [0.2, 0.25) is 10.0 Å². The van der Waals surface area contributed by atoms with Gasteiger partial charge in [-0.15, -0.1) is 0 Å². The van der Waals surface area contributed by atoms with E-state index in [-0.39, 0.29) is 12.5 Å².